The number of likely N-dealkylation sites (tertiary alicyclic amines) is 1. The molecule has 1 amide bonds. The second-order valence-electron chi connectivity index (χ2n) is 4.82. The summed E-state index contributed by atoms with van der Waals surface area (Å²) in [5.41, 5.74) is 0. The number of rotatable bonds is 7. The number of hydrogen-bond donors (Lipinski definition) is 0. The van der Waals surface area contributed by atoms with Crippen molar-refractivity contribution in [2.75, 3.05) is 33.4 Å². The van der Waals surface area contributed by atoms with Gasteiger partial charge in [0.15, 0.2) is 18.1 Å². The molecule has 0 aliphatic carbocycles. The van der Waals surface area contributed by atoms with Crippen LogP contribution in [0.3, 0.4) is 0 Å². The Kier molecular flexibility index (Phi) is 5.63. The van der Waals surface area contributed by atoms with E-state index in [2.05, 4.69) is 6.58 Å². The van der Waals surface area contributed by atoms with Crippen molar-refractivity contribution in [3.8, 4) is 11.5 Å². The SMILES string of the molecule is C=CCOc1ccccc1OCC(=O)N1CCC(OC)C1. The zero-order chi connectivity index (χ0) is 15.1. The Morgan fingerprint density at radius 2 is 2.10 bits per heavy atom. The van der Waals surface area contributed by atoms with Crippen LogP contribution in [0.5, 0.6) is 11.5 Å². The van der Waals surface area contributed by atoms with E-state index in [4.69, 9.17) is 14.2 Å². The molecule has 0 spiro atoms. The molecule has 1 aromatic rings. The predicted molar refractivity (Wildman–Crippen MR) is 79.6 cm³/mol. The Morgan fingerprint density at radius 1 is 1.38 bits per heavy atom. The molecular weight excluding hydrogens is 270 g/mol. The van der Waals surface area contributed by atoms with Gasteiger partial charge in [0, 0.05) is 20.2 Å². The maximum atomic E-state index is 12.1. The maximum Gasteiger partial charge on any atom is 0.260 e. The highest BCUT2D eigenvalue weighted by Crippen LogP contribution is 2.26. The summed E-state index contributed by atoms with van der Waals surface area (Å²) in [4.78, 5) is 13.9. The molecule has 1 saturated heterocycles. The first-order valence-corrected chi connectivity index (χ1v) is 7.00. The highest BCUT2D eigenvalue weighted by atomic mass is 16.5. The molecule has 1 heterocycles. The van der Waals surface area contributed by atoms with Gasteiger partial charge >= 0.3 is 0 Å². The molecule has 0 N–H and O–H groups in total. The second-order valence-corrected chi connectivity index (χ2v) is 4.82. The molecule has 1 aliphatic heterocycles. The van der Waals surface area contributed by atoms with E-state index in [0.29, 0.717) is 24.7 Å². The highest BCUT2D eigenvalue weighted by Gasteiger charge is 2.26. The summed E-state index contributed by atoms with van der Waals surface area (Å²) in [5.74, 6) is 1.14. The van der Waals surface area contributed by atoms with Crippen LogP contribution in [0.2, 0.25) is 0 Å². The van der Waals surface area contributed by atoms with Gasteiger partial charge in [-0.15, -0.1) is 0 Å². The lowest BCUT2D eigenvalue weighted by Gasteiger charge is -2.17. The van der Waals surface area contributed by atoms with Crippen LogP contribution in [0.25, 0.3) is 0 Å². The third kappa shape index (κ3) is 4.23. The third-order valence-corrected chi connectivity index (χ3v) is 3.39. The van der Waals surface area contributed by atoms with Crippen LogP contribution in [-0.4, -0.2) is 50.3 Å². The van der Waals surface area contributed by atoms with Crippen molar-refractivity contribution in [1.82, 2.24) is 4.90 Å². The van der Waals surface area contributed by atoms with Crippen molar-refractivity contribution in [3.63, 3.8) is 0 Å². The number of methoxy groups -OCH3 is 1. The van der Waals surface area contributed by atoms with Crippen LogP contribution >= 0.6 is 0 Å². The Morgan fingerprint density at radius 3 is 2.71 bits per heavy atom. The molecule has 1 atom stereocenters. The Balaban J connectivity index is 1.88. The van der Waals surface area contributed by atoms with Gasteiger partial charge in [-0.2, -0.15) is 0 Å². The summed E-state index contributed by atoms with van der Waals surface area (Å²) >= 11 is 0. The third-order valence-electron chi connectivity index (χ3n) is 3.39. The zero-order valence-electron chi connectivity index (χ0n) is 12.3. The van der Waals surface area contributed by atoms with E-state index in [1.165, 1.54) is 0 Å². The average molecular weight is 291 g/mol. The van der Waals surface area contributed by atoms with Gasteiger partial charge in [0.1, 0.15) is 6.61 Å². The molecule has 1 unspecified atom stereocenters. The molecule has 1 fully saturated rings. The summed E-state index contributed by atoms with van der Waals surface area (Å²) in [5, 5.41) is 0. The first-order valence-electron chi connectivity index (χ1n) is 7.00. The maximum absolute atomic E-state index is 12.1. The van der Waals surface area contributed by atoms with Crippen molar-refractivity contribution in [3.05, 3.63) is 36.9 Å². The highest BCUT2D eigenvalue weighted by molar-refractivity contribution is 5.78. The lowest BCUT2D eigenvalue weighted by molar-refractivity contribution is -0.132. The summed E-state index contributed by atoms with van der Waals surface area (Å²) in [7, 11) is 1.67. The minimum atomic E-state index is -0.0342. The summed E-state index contributed by atoms with van der Waals surface area (Å²) in [6.45, 7) is 5.36. The fourth-order valence-electron chi connectivity index (χ4n) is 2.22. The van der Waals surface area contributed by atoms with Gasteiger partial charge in [0.2, 0.25) is 0 Å². The number of amides is 1. The molecule has 1 aliphatic rings. The number of hydrogen-bond acceptors (Lipinski definition) is 4. The van der Waals surface area contributed by atoms with Gasteiger partial charge in [-0.05, 0) is 18.6 Å². The van der Waals surface area contributed by atoms with E-state index in [0.717, 1.165) is 13.0 Å². The first-order chi connectivity index (χ1) is 10.2. The lowest BCUT2D eigenvalue weighted by atomic mass is 10.3. The van der Waals surface area contributed by atoms with E-state index >= 15 is 0 Å². The number of ether oxygens (including phenoxy) is 3. The van der Waals surface area contributed by atoms with E-state index in [9.17, 15) is 4.79 Å². The lowest BCUT2D eigenvalue weighted by Crippen LogP contribution is -2.33. The van der Waals surface area contributed by atoms with Crippen molar-refractivity contribution in [1.29, 1.82) is 0 Å². The molecule has 0 saturated carbocycles. The van der Waals surface area contributed by atoms with Crippen molar-refractivity contribution >= 4 is 5.91 Å². The Labute approximate surface area is 125 Å². The van der Waals surface area contributed by atoms with Gasteiger partial charge < -0.3 is 19.1 Å². The predicted octanol–water partition coefficient (Wildman–Crippen LogP) is 1.88. The van der Waals surface area contributed by atoms with E-state index in [-0.39, 0.29) is 18.6 Å². The second kappa shape index (κ2) is 7.69. The van der Waals surface area contributed by atoms with Crippen LogP contribution in [0.1, 0.15) is 6.42 Å². The smallest absolute Gasteiger partial charge is 0.260 e. The van der Waals surface area contributed by atoms with Gasteiger partial charge in [0.05, 0.1) is 6.10 Å². The largest absolute Gasteiger partial charge is 0.486 e. The van der Waals surface area contributed by atoms with Crippen LogP contribution in [0, 0.1) is 0 Å². The minimum Gasteiger partial charge on any atom is -0.486 e. The normalized spacial score (nSPS) is 17.6. The van der Waals surface area contributed by atoms with E-state index in [1.807, 2.05) is 12.1 Å². The Hall–Kier alpha value is -2.01. The van der Waals surface area contributed by atoms with Crippen molar-refractivity contribution in [2.45, 2.75) is 12.5 Å². The molecule has 21 heavy (non-hydrogen) atoms. The number of carbonyl (C=O) groups is 1. The van der Waals surface area contributed by atoms with Crippen molar-refractivity contribution in [2.24, 2.45) is 0 Å². The molecule has 5 nitrogen and oxygen atoms in total. The van der Waals surface area contributed by atoms with Crippen LogP contribution in [-0.2, 0) is 9.53 Å². The summed E-state index contributed by atoms with van der Waals surface area (Å²) in [6, 6.07) is 7.29. The van der Waals surface area contributed by atoms with Gasteiger partial charge in [-0.25, -0.2) is 0 Å². The van der Waals surface area contributed by atoms with Gasteiger partial charge in [-0.1, -0.05) is 24.8 Å². The summed E-state index contributed by atoms with van der Waals surface area (Å²) in [6.07, 6.45) is 2.68. The van der Waals surface area contributed by atoms with E-state index < -0.39 is 0 Å². The minimum absolute atomic E-state index is 0.00486. The fourth-order valence-corrected chi connectivity index (χ4v) is 2.22. The number of para-hydroxylation sites is 2. The number of nitrogens with zero attached hydrogens (tertiary/aromatic N) is 1. The molecule has 0 aromatic heterocycles. The fraction of sp³-hybridized carbons (Fsp3) is 0.438. The average Bonchev–Trinajstić information content (AvgIpc) is 3.00. The number of carbonyl (C=O) groups excluding carboxylic acids is 1. The zero-order valence-corrected chi connectivity index (χ0v) is 12.3. The molecule has 0 radical (unpaired) electrons. The molecule has 1 aromatic carbocycles. The van der Waals surface area contributed by atoms with Crippen LogP contribution in [0.4, 0.5) is 0 Å². The van der Waals surface area contributed by atoms with Gasteiger partial charge in [-0.3, -0.25) is 4.79 Å². The molecule has 114 valence electrons. The van der Waals surface area contributed by atoms with Crippen molar-refractivity contribution < 1.29 is 19.0 Å². The van der Waals surface area contributed by atoms with Gasteiger partial charge in [0.25, 0.3) is 5.91 Å². The molecule has 2 rings (SSSR count). The first kappa shape index (κ1) is 15.4. The monoisotopic (exact) mass is 291 g/mol. The standard InChI is InChI=1S/C16H21NO4/c1-3-10-20-14-6-4-5-7-15(14)21-12-16(18)17-9-8-13(11-17)19-2/h3-7,13H,1,8-12H2,2H3. The van der Waals surface area contributed by atoms with E-state index in [1.54, 1.807) is 30.2 Å². The quantitative estimate of drug-likeness (QED) is 0.720. The number of benzene rings is 1. The molecule has 5 heteroatoms. The Bertz CT molecular complexity index is 489. The topological polar surface area (TPSA) is 48.0 Å². The van der Waals surface area contributed by atoms with Crippen LogP contribution < -0.4 is 9.47 Å². The molecule has 0 bridgehead atoms. The summed E-state index contributed by atoms with van der Waals surface area (Å²) < 4.78 is 16.3. The van der Waals surface area contributed by atoms with Crippen LogP contribution in [0.15, 0.2) is 36.9 Å². The molecular formula is C16H21NO4.